The summed E-state index contributed by atoms with van der Waals surface area (Å²) in [6.07, 6.45) is 6.75. The maximum atomic E-state index is 4.83. The van der Waals surface area contributed by atoms with Crippen LogP contribution >= 0.6 is 0 Å². The second-order valence-corrected chi connectivity index (χ2v) is 9.68. The van der Waals surface area contributed by atoms with Crippen LogP contribution in [0.15, 0.2) is 36.5 Å². The van der Waals surface area contributed by atoms with Crippen molar-refractivity contribution in [2.24, 2.45) is 0 Å². The number of hydrogen-bond acceptors (Lipinski definition) is 5. The Kier molecular flexibility index (Phi) is 6.26. The Morgan fingerprint density at radius 1 is 1.13 bits per heavy atom. The molecule has 2 aromatic rings. The van der Waals surface area contributed by atoms with Crippen LogP contribution in [-0.2, 0) is 19.4 Å². The molecular formula is C26H37N5. The molecule has 5 nitrogen and oxygen atoms in total. The number of piperazine rings is 1. The van der Waals surface area contributed by atoms with Crippen LogP contribution in [0.3, 0.4) is 0 Å². The number of hydrogen-bond donors (Lipinski definition) is 2. The van der Waals surface area contributed by atoms with Crippen LogP contribution in [0.5, 0.6) is 0 Å². The van der Waals surface area contributed by atoms with E-state index < -0.39 is 0 Å². The molecule has 166 valence electrons. The van der Waals surface area contributed by atoms with E-state index in [-0.39, 0.29) is 0 Å². The maximum Gasteiger partial charge on any atom is 0.0607 e. The standard InChI is InChI=1S/C26H37N5/c1-19(2)31(25-10-3-6-20-8-5-11-28-26(20)25)18-22-16-23-21(17-29-22)7-4-9-24(23)30-14-12-27-13-15-30/h4-5,7-9,11,19,22,25,27,29H,3,6,10,12-18H2,1-2H3/t22-,25-/m0/s1. The van der Waals surface area contributed by atoms with Crippen molar-refractivity contribution in [1.82, 2.24) is 20.5 Å². The molecule has 5 rings (SSSR count). The molecule has 2 atom stereocenters. The van der Waals surface area contributed by atoms with Gasteiger partial charge in [-0.1, -0.05) is 18.2 Å². The third-order valence-corrected chi connectivity index (χ3v) is 7.40. The molecule has 0 bridgehead atoms. The number of pyridine rings is 1. The Hall–Kier alpha value is -1.95. The lowest BCUT2D eigenvalue weighted by molar-refractivity contribution is 0.117. The number of rotatable bonds is 5. The Morgan fingerprint density at radius 3 is 2.81 bits per heavy atom. The van der Waals surface area contributed by atoms with Crippen LogP contribution in [0.1, 0.15) is 55.1 Å². The van der Waals surface area contributed by atoms with Gasteiger partial charge in [-0.3, -0.25) is 9.88 Å². The summed E-state index contributed by atoms with van der Waals surface area (Å²) in [7, 11) is 0. The Morgan fingerprint density at radius 2 is 1.97 bits per heavy atom. The van der Waals surface area contributed by atoms with E-state index in [0.717, 1.165) is 45.7 Å². The molecule has 5 heteroatoms. The van der Waals surface area contributed by atoms with Gasteiger partial charge in [-0.05, 0) is 68.4 Å². The first-order valence-corrected chi connectivity index (χ1v) is 12.2. The zero-order chi connectivity index (χ0) is 21.2. The SMILES string of the molecule is CC(C)N(C[C@@H]1Cc2c(cccc2N2CCNCC2)CN1)[C@H]1CCCc2cccnc21. The molecule has 1 aliphatic carbocycles. The van der Waals surface area contributed by atoms with Gasteiger partial charge in [0, 0.05) is 63.2 Å². The van der Waals surface area contributed by atoms with E-state index in [1.807, 2.05) is 6.20 Å². The van der Waals surface area contributed by atoms with Crippen molar-refractivity contribution in [2.45, 2.75) is 64.2 Å². The molecule has 2 N–H and O–H groups in total. The fourth-order valence-electron chi connectivity index (χ4n) is 5.79. The predicted molar refractivity (Wildman–Crippen MR) is 128 cm³/mol. The van der Waals surface area contributed by atoms with Crippen LogP contribution < -0.4 is 15.5 Å². The highest BCUT2D eigenvalue weighted by Gasteiger charge is 2.32. The van der Waals surface area contributed by atoms with Gasteiger partial charge in [-0.2, -0.15) is 0 Å². The van der Waals surface area contributed by atoms with Crippen molar-refractivity contribution in [2.75, 3.05) is 37.6 Å². The number of anilines is 1. The summed E-state index contributed by atoms with van der Waals surface area (Å²) in [5.74, 6) is 0. The largest absolute Gasteiger partial charge is 0.369 e. The van der Waals surface area contributed by atoms with Crippen LogP contribution in [0.25, 0.3) is 0 Å². The summed E-state index contributed by atoms with van der Waals surface area (Å²) in [4.78, 5) is 10.1. The first-order valence-electron chi connectivity index (χ1n) is 12.2. The maximum absolute atomic E-state index is 4.83. The fourth-order valence-corrected chi connectivity index (χ4v) is 5.79. The van der Waals surface area contributed by atoms with Crippen molar-refractivity contribution >= 4 is 5.69 Å². The summed E-state index contributed by atoms with van der Waals surface area (Å²) in [6.45, 7) is 11.1. The number of nitrogens with one attached hydrogen (secondary N) is 2. The highest BCUT2D eigenvalue weighted by molar-refractivity contribution is 5.58. The van der Waals surface area contributed by atoms with Crippen LogP contribution in [0, 0.1) is 0 Å². The lowest BCUT2D eigenvalue weighted by Gasteiger charge is -2.41. The molecule has 1 aromatic heterocycles. The minimum Gasteiger partial charge on any atom is -0.369 e. The second-order valence-electron chi connectivity index (χ2n) is 9.68. The van der Waals surface area contributed by atoms with E-state index in [9.17, 15) is 0 Å². The van der Waals surface area contributed by atoms with Gasteiger partial charge >= 0.3 is 0 Å². The summed E-state index contributed by atoms with van der Waals surface area (Å²) in [5.41, 5.74) is 7.28. The van der Waals surface area contributed by atoms with Crippen LogP contribution in [0.4, 0.5) is 5.69 Å². The average molecular weight is 420 g/mol. The molecule has 1 saturated heterocycles. The molecule has 0 amide bonds. The summed E-state index contributed by atoms with van der Waals surface area (Å²) < 4.78 is 0. The van der Waals surface area contributed by atoms with E-state index in [1.54, 1.807) is 5.56 Å². The minimum atomic E-state index is 0.441. The Labute approximate surface area is 187 Å². The van der Waals surface area contributed by atoms with Gasteiger partial charge in [0.25, 0.3) is 0 Å². The average Bonchev–Trinajstić information content (AvgIpc) is 2.82. The van der Waals surface area contributed by atoms with E-state index in [0.29, 0.717) is 18.1 Å². The first-order chi connectivity index (χ1) is 15.2. The molecule has 0 saturated carbocycles. The molecule has 0 radical (unpaired) electrons. The van der Waals surface area contributed by atoms with Crippen molar-refractivity contribution in [3.63, 3.8) is 0 Å². The second kappa shape index (κ2) is 9.27. The molecule has 0 spiro atoms. The zero-order valence-electron chi connectivity index (χ0n) is 19.1. The smallest absolute Gasteiger partial charge is 0.0607 e. The molecule has 31 heavy (non-hydrogen) atoms. The third kappa shape index (κ3) is 4.36. The number of benzene rings is 1. The van der Waals surface area contributed by atoms with Crippen molar-refractivity contribution < 1.29 is 0 Å². The minimum absolute atomic E-state index is 0.441. The monoisotopic (exact) mass is 419 g/mol. The fraction of sp³-hybridized carbons (Fsp3) is 0.577. The van der Waals surface area contributed by atoms with E-state index in [1.165, 1.54) is 41.8 Å². The lowest BCUT2D eigenvalue weighted by atomic mass is 9.88. The molecule has 2 aliphatic heterocycles. The van der Waals surface area contributed by atoms with Crippen LogP contribution in [-0.4, -0.2) is 54.7 Å². The molecule has 3 aliphatic rings. The summed E-state index contributed by atoms with van der Waals surface area (Å²) in [5, 5.41) is 7.35. The lowest BCUT2D eigenvalue weighted by Crippen LogP contribution is -2.49. The third-order valence-electron chi connectivity index (χ3n) is 7.40. The van der Waals surface area contributed by atoms with Gasteiger partial charge in [-0.25, -0.2) is 0 Å². The van der Waals surface area contributed by atoms with Gasteiger partial charge in [0.05, 0.1) is 11.7 Å². The molecule has 1 fully saturated rings. The molecule has 3 heterocycles. The summed E-state index contributed by atoms with van der Waals surface area (Å²) >= 11 is 0. The highest BCUT2D eigenvalue weighted by atomic mass is 15.2. The number of aryl methyl sites for hydroxylation is 1. The van der Waals surface area contributed by atoms with Gasteiger partial charge in [0.15, 0.2) is 0 Å². The van der Waals surface area contributed by atoms with E-state index in [4.69, 9.17) is 4.98 Å². The van der Waals surface area contributed by atoms with E-state index >= 15 is 0 Å². The Bertz CT molecular complexity index is 889. The number of fused-ring (bicyclic) bond motifs is 2. The summed E-state index contributed by atoms with van der Waals surface area (Å²) in [6, 6.07) is 12.7. The van der Waals surface area contributed by atoms with Crippen molar-refractivity contribution in [3.05, 3.63) is 58.9 Å². The predicted octanol–water partition coefficient (Wildman–Crippen LogP) is 3.29. The number of aromatic nitrogens is 1. The van der Waals surface area contributed by atoms with E-state index in [2.05, 4.69) is 64.6 Å². The molecule has 1 aromatic carbocycles. The Balaban J connectivity index is 1.36. The number of nitrogens with zero attached hydrogens (tertiary/aromatic N) is 3. The zero-order valence-corrected chi connectivity index (χ0v) is 19.1. The van der Waals surface area contributed by atoms with Gasteiger partial charge < -0.3 is 15.5 Å². The van der Waals surface area contributed by atoms with Crippen molar-refractivity contribution in [1.29, 1.82) is 0 Å². The highest BCUT2D eigenvalue weighted by Crippen LogP contribution is 2.35. The van der Waals surface area contributed by atoms with Gasteiger partial charge in [-0.15, -0.1) is 0 Å². The molecule has 0 unspecified atom stereocenters. The van der Waals surface area contributed by atoms with Crippen LogP contribution in [0.2, 0.25) is 0 Å². The van der Waals surface area contributed by atoms with Gasteiger partial charge in [0.2, 0.25) is 0 Å². The first kappa shape index (κ1) is 20.9. The topological polar surface area (TPSA) is 43.4 Å². The van der Waals surface area contributed by atoms with Gasteiger partial charge in [0.1, 0.15) is 0 Å². The quantitative estimate of drug-likeness (QED) is 0.779. The molecular weight excluding hydrogens is 382 g/mol. The normalized spacial score (nSPS) is 23.7. The van der Waals surface area contributed by atoms with Crippen molar-refractivity contribution in [3.8, 4) is 0 Å².